The lowest BCUT2D eigenvalue weighted by molar-refractivity contribution is -0.123. The molecule has 1 saturated heterocycles. The van der Waals surface area contributed by atoms with E-state index >= 15 is 0 Å². The molecule has 3 rings (SSSR count). The summed E-state index contributed by atoms with van der Waals surface area (Å²) in [6, 6.07) is 13.3. The first-order chi connectivity index (χ1) is 13.0. The van der Waals surface area contributed by atoms with Crippen molar-refractivity contribution in [1.29, 1.82) is 0 Å². The van der Waals surface area contributed by atoms with Crippen LogP contribution in [0.5, 0.6) is 5.75 Å². The predicted molar refractivity (Wildman–Crippen MR) is 113 cm³/mol. The van der Waals surface area contributed by atoms with Crippen LogP contribution in [0.15, 0.2) is 64.5 Å². The Morgan fingerprint density at radius 3 is 2.78 bits per heavy atom. The van der Waals surface area contributed by atoms with E-state index in [9.17, 15) is 9.59 Å². The van der Waals surface area contributed by atoms with E-state index in [0.29, 0.717) is 17.3 Å². The molecule has 1 fully saturated rings. The van der Waals surface area contributed by atoms with Crippen molar-refractivity contribution in [1.82, 2.24) is 4.90 Å². The zero-order valence-electron chi connectivity index (χ0n) is 14.8. The zero-order valence-corrected chi connectivity index (χ0v) is 17.2. The normalized spacial score (nSPS) is 15.5. The maximum Gasteiger partial charge on any atom is 0.293 e. The highest BCUT2D eigenvalue weighted by molar-refractivity contribution is 9.10. The first-order valence-corrected chi connectivity index (χ1v) is 9.93. The third kappa shape index (κ3) is 4.70. The summed E-state index contributed by atoms with van der Waals surface area (Å²) in [6.07, 6.45) is 3.35. The first-order valence-electron chi connectivity index (χ1n) is 8.32. The Morgan fingerprint density at radius 2 is 2.04 bits per heavy atom. The second kappa shape index (κ2) is 8.59. The molecule has 1 aliphatic rings. The fraction of sp³-hybridized carbons (Fsp3) is 0.143. The molecule has 0 unspecified atom stereocenters. The molecule has 0 saturated carbocycles. The SMILES string of the molecule is C=CCOc1ccc(Br)cc1/C=C1\SC(=O)N(Cc2cccc(C)c2)C1=O. The van der Waals surface area contributed by atoms with Crippen LogP contribution in [0.3, 0.4) is 0 Å². The lowest BCUT2D eigenvalue weighted by atomic mass is 10.1. The lowest BCUT2D eigenvalue weighted by Crippen LogP contribution is -2.27. The third-order valence-electron chi connectivity index (χ3n) is 3.91. The van der Waals surface area contributed by atoms with Gasteiger partial charge in [0, 0.05) is 10.0 Å². The molecule has 0 N–H and O–H groups in total. The summed E-state index contributed by atoms with van der Waals surface area (Å²) in [7, 11) is 0. The molecule has 0 radical (unpaired) electrons. The van der Waals surface area contributed by atoms with Crippen LogP contribution in [0, 0.1) is 6.92 Å². The van der Waals surface area contributed by atoms with Gasteiger partial charge in [0.15, 0.2) is 0 Å². The molecule has 27 heavy (non-hydrogen) atoms. The molecule has 138 valence electrons. The summed E-state index contributed by atoms with van der Waals surface area (Å²) in [5.74, 6) is 0.338. The van der Waals surface area contributed by atoms with Crippen LogP contribution in [0.2, 0.25) is 0 Å². The van der Waals surface area contributed by atoms with E-state index in [-0.39, 0.29) is 17.7 Å². The Balaban J connectivity index is 1.86. The number of rotatable bonds is 6. The van der Waals surface area contributed by atoms with Gasteiger partial charge in [-0.15, -0.1) is 0 Å². The highest BCUT2D eigenvalue weighted by Crippen LogP contribution is 2.35. The van der Waals surface area contributed by atoms with E-state index < -0.39 is 0 Å². The maximum atomic E-state index is 12.8. The number of nitrogens with zero attached hydrogens (tertiary/aromatic N) is 1. The van der Waals surface area contributed by atoms with Crippen molar-refractivity contribution in [3.8, 4) is 5.75 Å². The molecule has 6 heteroatoms. The molecule has 0 spiro atoms. The van der Waals surface area contributed by atoms with Crippen LogP contribution < -0.4 is 4.74 Å². The van der Waals surface area contributed by atoms with E-state index in [2.05, 4.69) is 22.5 Å². The summed E-state index contributed by atoms with van der Waals surface area (Å²) in [4.78, 5) is 26.8. The summed E-state index contributed by atoms with van der Waals surface area (Å²) in [5, 5.41) is -0.267. The first kappa shape index (κ1) is 19.5. The monoisotopic (exact) mass is 443 g/mol. The van der Waals surface area contributed by atoms with Gasteiger partial charge in [-0.2, -0.15) is 0 Å². The predicted octanol–water partition coefficient (Wildman–Crippen LogP) is 5.56. The van der Waals surface area contributed by atoms with Gasteiger partial charge in [0.05, 0.1) is 11.4 Å². The quantitative estimate of drug-likeness (QED) is 0.433. The minimum Gasteiger partial charge on any atom is -0.489 e. The van der Waals surface area contributed by atoms with E-state index in [1.54, 1.807) is 12.2 Å². The Morgan fingerprint density at radius 1 is 1.22 bits per heavy atom. The van der Waals surface area contributed by atoms with Crippen LogP contribution in [0.25, 0.3) is 6.08 Å². The average Bonchev–Trinajstić information content (AvgIpc) is 2.89. The standard InChI is InChI=1S/C21H18BrNO3S/c1-3-9-26-18-8-7-17(22)11-16(18)12-19-20(24)23(21(25)27-19)13-15-6-4-5-14(2)10-15/h3-8,10-12H,1,9,13H2,2H3/b19-12-. The third-order valence-corrected chi connectivity index (χ3v) is 5.31. The van der Waals surface area contributed by atoms with Crippen molar-refractivity contribution in [2.24, 2.45) is 0 Å². The molecule has 2 amide bonds. The van der Waals surface area contributed by atoms with Crippen LogP contribution >= 0.6 is 27.7 Å². The fourth-order valence-corrected chi connectivity index (χ4v) is 3.89. The van der Waals surface area contributed by atoms with Gasteiger partial charge in [-0.05, 0) is 48.5 Å². The number of thioether (sulfide) groups is 1. The van der Waals surface area contributed by atoms with Crippen LogP contribution in [-0.2, 0) is 11.3 Å². The van der Waals surface area contributed by atoms with Gasteiger partial charge < -0.3 is 4.74 Å². The molecule has 1 aliphatic heterocycles. The van der Waals surface area contributed by atoms with E-state index in [0.717, 1.165) is 32.9 Å². The van der Waals surface area contributed by atoms with Gasteiger partial charge in [-0.1, -0.05) is 58.4 Å². The molecule has 2 aromatic carbocycles. The fourth-order valence-electron chi connectivity index (χ4n) is 2.68. The van der Waals surface area contributed by atoms with Crippen molar-refractivity contribution in [3.63, 3.8) is 0 Å². The zero-order chi connectivity index (χ0) is 19.4. The summed E-state index contributed by atoms with van der Waals surface area (Å²) in [5.41, 5.74) is 2.75. The minimum absolute atomic E-state index is 0.266. The van der Waals surface area contributed by atoms with E-state index in [1.807, 2.05) is 49.4 Å². The Hall–Kier alpha value is -2.31. The van der Waals surface area contributed by atoms with Crippen LogP contribution in [0.4, 0.5) is 4.79 Å². The molecule has 0 aromatic heterocycles. The molecule has 0 bridgehead atoms. The smallest absolute Gasteiger partial charge is 0.293 e. The number of ether oxygens (including phenoxy) is 1. The highest BCUT2D eigenvalue weighted by Gasteiger charge is 2.35. The summed E-state index contributed by atoms with van der Waals surface area (Å²) < 4.78 is 6.51. The number of imide groups is 1. The van der Waals surface area contributed by atoms with Crippen molar-refractivity contribution < 1.29 is 14.3 Å². The number of carbonyl (C=O) groups is 2. The van der Waals surface area contributed by atoms with Crippen molar-refractivity contribution in [2.45, 2.75) is 13.5 Å². The lowest BCUT2D eigenvalue weighted by Gasteiger charge is -2.13. The number of benzene rings is 2. The Bertz CT molecular complexity index is 939. The second-order valence-corrected chi connectivity index (χ2v) is 7.95. The van der Waals surface area contributed by atoms with Gasteiger partial charge in [0.2, 0.25) is 0 Å². The molecule has 2 aromatic rings. The van der Waals surface area contributed by atoms with E-state index in [1.165, 1.54) is 4.90 Å². The minimum atomic E-state index is -0.291. The highest BCUT2D eigenvalue weighted by atomic mass is 79.9. The van der Waals surface area contributed by atoms with Gasteiger partial charge in [0.25, 0.3) is 11.1 Å². The Kier molecular flexibility index (Phi) is 6.19. The summed E-state index contributed by atoms with van der Waals surface area (Å²) >= 11 is 4.38. The Labute approximate surface area is 171 Å². The topological polar surface area (TPSA) is 46.6 Å². The largest absolute Gasteiger partial charge is 0.489 e. The van der Waals surface area contributed by atoms with Crippen molar-refractivity contribution in [2.75, 3.05) is 6.61 Å². The summed E-state index contributed by atoms with van der Waals surface area (Å²) in [6.45, 7) is 6.25. The number of hydrogen-bond donors (Lipinski definition) is 0. The van der Waals surface area contributed by atoms with Crippen molar-refractivity contribution in [3.05, 3.63) is 81.2 Å². The number of halogens is 1. The van der Waals surface area contributed by atoms with Crippen LogP contribution in [-0.4, -0.2) is 22.7 Å². The number of hydrogen-bond acceptors (Lipinski definition) is 4. The average molecular weight is 444 g/mol. The van der Waals surface area contributed by atoms with Gasteiger partial charge in [0.1, 0.15) is 12.4 Å². The number of amides is 2. The maximum absolute atomic E-state index is 12.8. The molecule has 1 heterocycles. The second-order valence-electron chi connectivity index (χ2n) is 6.04. The van der Waals surface area contributed by atoms with Crippen molar-refractivity contribution >= 4 is 44.9 Å². The van der Waals surface area contributed by atoms with Crippen LogP contribution in [0.1, 0.15) is 16.7 Å². The molecule has 0 atom stereocenters. The number of aryl methyl sites for hydroxylation is 1. The molecular weight excluding hydrogens is 426 g/mol. The van der Waals surface area contributed by atoms with Gasteiger partial charge >= 0.3 is 0 Å². The van der Waals surface area contributed by atoms with Gasteiger partial charge in [-0.3, -0.25) is 14.5 Å². The number of carbonyl (C=O) groups excluding carboxylic acids is 2. The van der Waals surface area contributed by atoms with Gasteiger partial charge in [-0.25, -0.2) is 0 Å². The van der Waals surface area contributed by atoms with E-state index in [4.69, 9.17) is 4.74 Å². The molecule has 4 nitrogen and oxygen atoms in total. The molecular formula is C21H18BrNO3S. The molecule has 0 aliphatic carbocycles.